The Morgan fingerprint density at radius 3 is 1.41 bits per heavy atom. The van der Waals surface area contributed by atoms with Crippen molar-refractivity contribution in [3.05, 3.63) is 5.28 Å². The van der Waals surface area contributed by atoms with E-state index < -0.39 is 0 Å². The van der Waals surface area contributed by atoms with Crippen LogP contribution in [0.5, 0.6) is 0 Å². The van der Waals surface area contributed by atoms with E-state index in [-0.39, 0.29) is 27.2 Å². The highest BCUT2D eigenvalue weighted by atomic mass is 35.5. The molecule has 8 heteroatoms. The Balaban J connectivity index is 2.08. The van der Waals surface area contributed by atoms with Crippen LogP contribution in [0, 0.1) is 10.8 Å². The van der Waals surface area contributed by atoms with Gasteiger partial charge in [-0.2, -0.15) is 15.0 Å². The lowest BCUT2D eigenvalue weighted by molar-refractivity contribution is -0.0414. The van der Waals surface area contributed by atoms with Crippen molar-refractivity contribution in [3.8, 4) is 0 Å². The van der Waals surface area contributed by atoms with Gasteiger partial charge in [-0.1, -0.05) is 54.4 Å². The van der Waals surface area contributed by atoms with Crippen LogP contribution >= 0.6 is 11.6 Å². The maximum Gasteiger partial charge on any atom is 0.246 e. The lowest BCUT2D eigenvalue weighted by Gasteiger charge is -2.57. The van der Waals surface area contributed by atoms with Gasteiger partial charge in [0.25, 0.3) is 0 Å². The van der Waals surface area contributed by atoms with E-state index in [1.165, 1.54) is 12.8 Å². The topological polar surface area (TPSA) is 51.6 Å². The first kappa shape index (κ1) is 30.4. The Bertz CT molecular complexity index is 830. The monoisotopic (exact) mass is 535 g/mol. The molecule has 0 saturated carbocycles. The average Bonchev–Trinajstić information content (AvgIpc) is 2.79. The summed E-state index contributed by atoms with van der Waals surface area (Å²) in [4.78, 5) is 14.6. The molecule has 3 rings (SSSR count). The fraction of sp³-hybridized carbons (Fsp3) is 0.897. The Hall–Kier alpha value is -1.18. The van der Waals surface area contributed by atoms with Crippen LogP contribution in [0.1, 0.15) is 121 Å². The van der Waals surface area contributed by atoms with Crippen molar-refractivity contribution in [1.29, 1.82) is 0 Å². The zero-order valence-electron chi connectivity index (χ0n) is 25.5. The molecule has 1 aromatic rings. The second kappa shape index (κ2) is 11.5. The quantitative estimate of drug-likeness (QED) is 0.310. The standard InChI is InChI=1S/C29H54ClN7/c1-11-13-19-34(36-21-15-17-26(3,4)28(36,7)8)24-31-23(30)32-25(33-24)35(20-14-12-2)37-22-16-18-27(5,6)29(37,9)10/h11-22H2,1-10H3. The number of piperidine rings is 2. The van der Waals surface area contributed by atoms with Gasteiger partial charge in [-0.05, 0) is 88.7 Å². The lowest BCUT2D eigenvalue weighted by Crippen LogP contribution is -2.65. The van der Waals surface area contributed by atoms with Crippen molar-refractivity contribution in [2.45, 2.75) is 132 Å². The predicted octanol–water partition coefficient (Wildman–Crippen LogP) is 7.37. The zero-order valence-corrected chi connectivity index (χ0v) is 26.2. The molecule has 0 radical (unpaired) electrons. The maximum atomic E-state index is 6.69. The number of unbranched alkanes of at least 4 members (excludes halogenated alkanes) is 2. The van der Waals surface area contributed by atoms with E-state index in [0.717, 1.165) is 64.7 Å². The number of rotatable bonds is 10. The summed E-state index contributed by atoms with van der Waals surface area (Å²) in [5.41, 5.74) is 0.260. The number of hydrogen-bond donors (Lipinski definition) is 0. The summed E-state index contributed by atoms with van der Waals surface area (Å²) >= 11 is 6.69. The van der Waals surface area contributed by atoms with Crippen molar-refractivity contribution in [2.75, 3.05) is 36.2 Å². The molecular formula is C29H54ClN7. The average molecular weight is 536 g/mol. The first-order valence-electron chi connectivity index (χ1n) is 14.7. The van der Waals surface area contributed by atoms with Gasteiger partial charge >= 0.3 is 0 Å². The van der Waals surface area contributed by atoms with Crippen LogP contribution < -0.4 is 10.0 Å². The highest BCUT2D eigenvalue weighted by Crippen LogP contribution is 2.46. The molecule has 0 unspecified atom stereocenters. The van der Waals surface area contributed by atoms with Crippen molar-refractivity contribution in [2.24, 2.45) is 10.8 Å². The minimum Gasteiger partial charge on any atom is -0.273 e. The molecule has 2 aliphatic rings. The van der Waals surface area contributed by atoms with E-state index in [1.807, 2.05) is 0 Å². The molecule has 2 aliphatic heterocycles. The molecule has 0 bridgehead atoms. The third-order valence-corrected chi connectivity index (χ3v) is 10.2. The zero-order chi connectivity index (χ0) is 27.6. The molecule has 212 valence electrons. The van der Waals surface area contributed by atoms with E-state index in [4.69, 9.17) is 26.6 Å². The summed E-state index contributed by atoms with van der Waals surface area (Å²) < 4.78 is 0. The van der Waals surface area contributed by atoms with Crippen LogP contribution in [-0.4, -0.2) is 62.2 Å². The Morgan fingerprint density at radius 1 is 0.676 bits per heavy atom. The maximum absolute atomic E-state index is 6.69. The summed E-state index contributed by atoms with van der Waals surface area (Å²) in [6.07, 6.45) is 9.10. The van der Waals surface area contributed by atoms with E-state index in [1.54, 1.807) is 0 Å². The van der Waals surface area contributed by atoms with Crippen LogP contribution in [0.3, 0.4) is 0 Å². The van der Waals surface area contributed by atoms with Gasteiger partial charge in [0.1, 0.15) is 0 Å². The molecule has 7 nitrogen and oxygen atoms in total. The molecule has 3 heterocycles. The van der Waals surface area contributed by atoms with Gasteiger partial charge in [-0.25, -0.2) is 10.0 Å². The molecule has 37 heavy (non-hydrogen) atoms. The fourth-order valence-corrected chi connectivity index (χ4v) is 6.04. The first-order valence-corrected chi connectivity index (χ1v) is 15.1. The molecule has 2 saturated heterocycles. The van der Waals surface area contributed by atoms with Crippen molar-refractivity contribution in [1.82, 2.24) is 25.0 Å². The molecule has 0 aliphatic carbocycles. The summed E-state index contributed by atoms with van der Waals surface area (Å²) in [6.45, 7) is 27.2. The van der Waals surface area contributed by atoms with E-state index >= 15 is 0 Å². The fourth-order valence-electron chi connectivity index (χ4n) is 5.89. The van der Waals surface area contributed by atoms with E-state index in [2.05, 4.69) is 89.3 Å². The number of nitrogens with zero attached hydrogens (tertiary/aromatic N) is 7. The molecule has 0 atom stereocenters. The molecular weight excluding hydrogens is 482 g/mol. The van der Waals surface area contributed by atoms with Crippen LogP contribution in [0.4, 0.5) is 11.9 Å². The molecule has 1 aromatic heterocycles. The highest BCUT2D eigenvalue weighted by Gasteiger charge is 2.48. The van der Waals surface area contributed by atoms with Crippen LogP contribution in [0.25, 0.3) is 0 Å². The van der Waals surface area contributed by atoms with Gasteiger partial charge in [0.15, 0.2) is 0 Å². The molecule has 0 spiro atoms. The Morgan fingerprint density at radius 2 is 1.05 bits per heavy atom. The highest BCUT2D eigenvalue weighted by molar-refractivity contribution is 6.28. The molecule has 0 amide bonds. The number of hydrogen-bond acceptors (Lipinski definition) is 7. The second-order valence-electron chi connectivity index (χ2n) is 13.5. The lowest BCUT2D eigenvalue weighted by atomic mass is 9.68. The third kappa shape index (κ3) is 6.04. The molecule has 0 N–H and O–H groups in total. The minimum absolute atomic E-state index is 0.0426. The smallest absolute Gasteiger partial charge is 0.246 e. The van der Waals surface area contributed by atoms with Gasteiger partial charge in [0.2, 0.25) is 17.2 Å². The largest absolute Gasteiger partial charge is 0.273 e. The summed E-state index contributed by atoms with van der Waals surface area (Å²) in [6, 6.07) is 0. The summed E-state index contributed by atoms with van der Waals surface area (Å²) in [5, 5.41) is 9.90. The molecule has 2 fully saturated rings. The van der Waals surface area contributed by atoms with Gasteiger partial charge in [-0.15, -0.1) is 0 Å². The molecule has 0 aromatic carbocycles. The predicted molar refractivity (Wildman–Crippen MR) is 157 cm³/mol. The van der Waals surface area contributed by atoms with Crippen molar-refractivity contribution < 1.29 is 0 Å². The number of halogens is 1. The Labute approximate surface area is 232 Å². The number of anilines is 2. The van der Waals surface area contributed by atoms with Gasteiger partial charge in [0.05, 0.1) is 0 Å². The van der Waals surface area contributed by atoms with Crippen molar-refractivity contribution in [3.63, 3.8) is 0 Å². The van der Waals surface area contributed by atoms with Gasteiger partial charge in [-0.3, -0.25) is 10.0 Å². The van der Waals surface area contributed by atoms with Gasteiger partial charge in [0, 0.05) is 37.3 Å². The minimum atomic E-state index is -0.0426. The first-order chi connectivity index (χ1) is 17.2. The summed E-state index contributed by atoms with van der Waals surface area (Å²) in [5.74, 6) is 1.34. The van der Waals surface area contributed by atoms with Crippen LogP contribution in [-0.2, 0) is 0 Å². The van der Waals surface area contributed by atoms with Crippen LogP contribution in [0.15, 0.2) is 0 Å². The SMILES string of the molecule is CCCCN(c1nc(Cl)nc(N(CCCC)N2CCCC(C)(C)C2(C)C)n1)N1CCCC(C)(C)C1(C)C. The normalized spacial score (nSPS) is 23.1. The summed E-state index contributed by atoms with van der Waals surface area (Å²) in [7, 11) is 0. The Kier molecular flexibility index (Phi) is 9.45. The number of aromatic nitrogens is 3. The van der Waals surface area contributed by atoms with Gasteiger partial charge < -0.3 is 0 Å². The second-order valence-corrected chi connectivity index (χ2v) is 13.8. The number of hydrazine groups is 2. The van der Waals surface area contributed by atoms with Crippen LogP contribution in [0.2, 0.25) is 5.28 Å². The van der Waals surface area contributed by atoms with E-state index in [9.17, 15) is 0 Å². The third-order valence-electron chi connectivity index (χ3n) is 10.0. The van der Waals surface area contributed by atoms with E-state index in [0.29, 0.717) is 11.9 Å². The van der Waals surface area contributed by atoms with Crippen molar-refractivity contribution >= 4 is 23.5 Å².